The van der Waals surface area contributed by atoms with Crippen molar-refractivity contribution in [2.45, 2.75) is 19.8 Å². The number of aryl methyl sites for hydroxylation is 1. The third-order valence-electron chi connectivity index (χ3n) is 4.79. The summed E-state index contributed by atoms with van der Waals surface area (Å²) in [6.45, 7) is 10.7. The third-order valence-corrected chi connectivity index (χ3v) is 5.28. The maximum absolute atomic E-state index is 13.8. The number of piperazine rings is 1. The van der Waals surface area contributed by atoms with Gasteiger partial charge in [0.25, 0.3) is 0 Å². The van der Waals surface area contributed by atoms with Crippen molar-refractivity contribution >= 4 is 21.9 Å². The van der Waals surface area contributed by atoms with Crippen molar-refractivity contribution in [3.63, 3.8) is 0 Å². The molecule has 5 nitrogen and oxygen atoms in total. The predicted molar refractivity (Wildman–Crippen MR) is 110 cm³/mol. The number of aliphatic imine (C=N–C) groups is 1. The lowest BCUT2D eigenvalue weighted by Gasteiger charge is -2.34. The van der Waals surface area contributed by atoms with Gasteiger partial charge in [-0.05, 0) is 37.1 Å². The van der Waals surface area contributed by atoms with E-state index in [9.17, 15) is 4.39 Å². The average molecular weight is 428 g/mol. The fraction of sp³-hybridized carbons (Fsp3) is 0.632. The molecular weight excluding hydrogens is 397 g/mol. The van der Waals surface area contributed by atoms with Gasteiger partial charge in [0.1, 0.15) is 5.82 Å². The number of likely N-dealkylation sites (N-methyl/N-ethyl adjacent to an activating group) is 1. The minimum atomic E-state index is -0.148. The molecule has 0 aromatic heterocycles. The molecule has 0 atom stereocenters. The number of rotatable bonds is 8. The molecule has 2 N–H and O–H groups in total. The van der Waals surface area contributed by atoms with Crippen LogP contribution in [0.5, 0.6) is 0 Å². The summed E-state index contributed by atoms with van der Waals surface area (Å²) in [6, 6.07) is 5.24. The smallest absolute Gasteiger partial charge is 0.191 e. The number of nitrogens with one attached hydrogen (secondary N) is 2. The zero-order chi connectivity index (χ0) is 18.8. The first-order valence-electron chi connectivity index (χ1n) is 9.45. The van der Waals surface area contributed by atoms with E-state index >= 15 is 0 Å². The molecule has 7 heteroatoms. The molecule has 0 unspecified atom stereocenters. The summed E-state index contributed by atoms with van der Waals surface area (Å²) in [5.74, 6) is 0.665. The monoisotopic (exact) mass is 427 g/mol. The van der Waals surface area contributed by atoms with Crippen LogP contribution < -0.4 is 10.6 Å². The van der Waals surface area contributed by atoms with Crippen molar-refractivity contribution < 1.29 is 4.39 Å². The number of nitrogens with zero attached hydrogens (tertiary/aromatic N) is 3. The van der Waals surface area contributed by atoms with E-state index in [1.807, 2.05) is 12.1 Å². The molecule has 0 aliphatic carbocycles. The Morgan fingerprint density at radius 2 is 1.85 bits per heavy atom. The molecule has 0 amide bonds. The highest BCUT2D eigenvalue weighted by molar-refractivity contribution is 9.10. The fourth-order valence-electron chi connectivity index (χ4n) is 3.09. The normalized spacial score (nSPS) is 16.7. The Bertz CT molecular complexity index is 573. The van der Waals surface area contributed by atoms with E-state index in [2.05, 4.69) is 48.3 Å². The molecule has 1 aliphatic rings. The standard InChI is InChI=1S/C19H31BrFN5/c1-3-25-11-13-26(14-12-25)10-9-24-19(22-2)23-8-4-5-16-6-7-17(20)15-18(16)21/h6-7,15H,3-5,8-14H2,1-2H3,(H2,22,23,24). The van der Waals surface area contributed by atoms with Crippen LogP contribution in [0.1, 0.15) is 18.9 Å². The Balaban J connectivity index is 1.59. The summed E-state index contributed by atoms with van der Waals surface area (Å²) in [5, 5.41) is 6.67. The average Bonchev–Trinajstić information content (AvgIpc) is 2.65. The molecule has 1 aromatic rings. The highest BCUT2D eigenvalue weighted by atomic mass is 79.9. The Kier molecular flexibility index (Phi) is 9.36. The molecule has 0 spiro atoms. The minimum absolute atomic E-state index is 0.148. The summed E-state index contributed by atoms with van der Waals surface area (Å²) in [4.78, 5) is 9.23. The Morgan fingerprint density at radius 3 is 2.50 bits per heavy atom. The maximum Gasteiger partial charge on any atom is 0.191 e. The van der Waals surface area contributed by atoms with Crippen LogP contribution in [0, 0.1) is 5.82 Å². The summed E-state index contributed by atoms with van der Waals surface area (Å²) in [7, 11) is 1.78. The van der Waals surface area contributed by atoms with Crippen LogP contribution in [-0.2, 0) is 6.42 Å². The van der Waals surface area contributed by atoms with Crippen molar-refractivity contribution in [3.8, 4) is 0 Å². The van der Waals surface area contributed by atoms with Gasteiger partial charge in [-0.3, -0.25) is 9.89 Å². The van der Waals surface area contributed by atoms with E-state index in [1.54, 1.807) is 7.05 Å². The lowest BCUT2D eigenvalue weighted by Crippen LogP contribution is -2.49. The molecule has 1 fully saturated rings. The molecule has 0 saturated carbocycles. The molecule has 0 radical (unpaired) electrons. The van der Waals surface area contributed by atoms with Gasteiger partial charge in [0.15, 0.2) is 5.96 Å². The van der Waals surface area contributed by atoms with Crippen LogP contribution in [-0.4, -0.2) is 75.2 Å². The van der Waals surface area contributed by atoms with Gasteiger partial charge >= 0.3 is 0 Å². The van der Waals surface area contributed by atoms with Gasteiger partial charge in [-0.1, -0.05) is 28.9 Å². The first-order valence-corrected chi connectivity index (χ1v) is 10.2. The van der Waals surface area contributed by atoms with Crippen LogP contribution in [0.15, 0.2) is 27.7 Å². The summed E-state index contributed by atoms with van der Waals surface area (Å²) in [5.41, 5.74) is 0.754. The van der Waals surface area contributed by atoms with E-state index in [-0.39, 0.29) is 5.82 Å². The number of halogens is 2. The SMILES string of the molecule is CCN1CCN(CCNC(=NC)NCCCc2ccc(Br)cc2F)CC1. The molecule has 0 bridgehead atoms. The molecule has 26 heavy (non-hydrogen) atoms. The van der Waals surface area contributed by atoms with Gasteiger partial charge in [-0.2, -0.15) is 0 Å². The van der Waals surface area contributed by atoms with E-state index in [1.165, 1.54) is 6.07 Å². The van der Waals surface area contributed by atoms with Gasteiger partial charge in [0, 0.05) is 57.3 Å². The molecule has 1 saturated heterocycles. The highest BCUT2D eigenvalue weighted by Gasteiger charge is 2.14. The minimum Gasteiger partial charge on any atom is -0.356 e. The fourth-order valence-corrected chi connectivity index (χ4v) is 3.43. The van der Waals surface area contributed by atoms with Gasteiger partial charge in [0.2, 0.25) is 0 Å². The predicted octanol–water partition coefficient (Wildman–Crippen LogP) is 2.32. The maximum atomic E-state index is 13.8. The van der Waals surface area contributed by atoms with Gasteiger partial charge < -0.3 is 15.5 Å². The second-order valence-electron chi connectivity index (χ2n) is 6.54. The molecule has 2 rings (SSSR count). The molecule has 1 aliphatic heterocycles. The Labute approximate surface area is 165 Å². The first-order chi connectivity index (χ1) is 12.6. The number of guanidine groups is 1. The quantitative estimate of drug-likeness (QED) is 0.379. The first kappa shape index (κ1) is 21.1. The number of hydrogen-bond donors (Lipinski definition) is 2. The molecular formula is C19H31BrFN5. The largest absolute Gasteiger partial charge is 0.356 e. The third kappa shape index (κ3) is 7.21. The van der Waals surface area contributed by atoms with E-state index in [4.69, 9.17) is 0 Å². The van der Waals surface area contributed by atoms with Crippen molar-refractivity contribution in [1.82, 2.24) is 20.4 Å². The number of benzene rings is 1. The van der Waals surface area contributed by atoms with Crippen LogP contribution in [0.2, 0.25) is 0 Å². The van der Waals surface area contributed by atoms with Crippen molar-refractivity contribution in [1.29, 1.82) is 0 Å². The molecule has 1 heterocycles. The van der Waals surface area contributed by atoms with Crippen LogP contribution in [0.4, 0.5) is 4.39 Å². The summed E-state index contributed by atoms with van der Waals surface area (Å²) in [6.07, 6.45) is 1.57. The lowest BCUT2D eigenvalue weighted by atomic mass is 10.1. The lowest BCUT2D eigenvalue weighted by molar-refractivity contribution is 0.139. The second kappa shape index (κ2) is 11.5. The Hall–Kier alpha value is -1.18. The highest BCUT2D eigenvalue weighted by Crippen LogP contribution is 2.16. The van der Waals surface area contributed by atoms with E-state index < -0.39 is 0 Å². The summed E-state index contributed by atoms with van der Waals surface area (Å²) >= 11 is 3.28. The van der Waals surface area contributed by atoms with Gasteiger partial charge in [0.05, 0.1) is 0 Å². The van der Waals surface area contributed by atoms with E-state index in [0.29, 0.717) is 6.42 Å². The molecule has 146 valence electrons. The van der Waals surface area contributed by atoms with Crippen LogP contribution in [0.3, 0.4) is 0 Å². The number of hydrogen-bond acceptors (Lipinski definition) is 3. The van der Waals surface area contributed by atoms with Crippen LogP contribution >= 0.6 is 15.9 Å². The van der Waals surface area contributed by atoms with Crippen LogP contribution in [0.25, 0.3) is 0 Å². The van der Waals surface area contributed by atoms with Gasteiger partial charge in [-0.25, -0.2) is 4.39 Å². The van der Waals surface area contributed by atoms with E-state index in [0.717, 1.165) is 74.8 Å². The molecule has 1 aromatic carbocycles. The second-order valence-corrected chi connectivity index (χ2v) is 7.46. The van der Waals surface area contributed by atoms with Crippen molar-refractivity contribution in [2.75, 3.05) is 59.4 Å². The van der Waals surface area contributed by atoms with Crippen molar-refractivity contribution in [2.24, 2.45) is 4.99 Å². The topological polar surface area (TPSA) is 42.9 Å². The Morgan fingerprint density at radius 1 is 1.15 bits per heavy atom. The zero-order valence-corrected chi connectivity index (χ0v) is 17.5. The summed E-state index contributed by atoms with van der Waals surface area (Å²) < 4.78 is 14.6. The van der Waals surface area contributed by atoms with Crippen molar-refractivity contribution in [3.05, 3.63) is 34.1 Å². The van der Waals surface area contributed by atoms with Gasteiger partial charge in [-0.15, -0.1) is 0 Å². The zero-order valence-electron chi connectivity index (χ0n) is 15.9.